The van der Waals surface area contributed by atoms with Gasteiger partial charge in [-0.15, -0.1) is 0 Å². The average Bonchev–Trinajstić information content (AvgIpc) is 2.60. The van der Waals surface area contributed by atoms with Gasteiger partial charge in [-0.3, -0.25) is 4.98 Å². The van der Waals surface area contributed by atoms with Crippen molar-refractivity contribution in [3.63, 3.8) is 0 Å². The number of hydrogen-bond acceptors (Lipinski definition) is 5. The monoisotopic (exact) mass is 339 g/mol. The lowest BCUT2D eigenvalue weighted by atomic mass is 10.1. The maximum absolute atomic E-state index is 5.79. The molecule has 0 fully saturated rings. The van der Waals surface area contributed by atoms with Crippen molar-refractivity contribution < 1.29 is 0 Å². The van der Waals surface area contributed by atoms with E-state index in [1.165, 1.54) is 0 Å². The maximum atomic E-state index is 5.79. The third kappa shape index (κ3) is 5.55. The summed E-state index contributed by atoms with van der Waals surface area (Å²) < 4.78 is 0. The van der Waals surface area contributed by atoms with E-state index in [4.69, 9.17) is 5.73 Å². The third-order valence-electron chi connectivity index (χ3n) is 4.25. The normalized spacial score (nSPS) is 12.0. The van der Waals surface area contributed by atoms with Gasteiger partial charge in [0, 0.05) is 23.5 Å². The van der Waals surface area contributed by atoms with Gasteiger partial charge < -0.3 is 11.1 Å². The molecule has 0 spiro atoms. The van der Waals surface area contributed by atoms with E-state index in [2.05, 4.69) is 40.7 Å². The summed E-state index contributed by atoms with van der Waals surface area (Å²) in [5.41, 5.74) is 9.84. The smallest absolute Gasteiger partial charge is 0.221 e. The number of nitrogen functional groups attached to an aromatic ring is 1. The standard InChI is InChI=1S/C20H29N5/c1-5-8-16(6-2)24-19-15(13-22-20(21)25-19)11-12-17-9-7-10-18(23-17)14(3)4/h7,9-10,13,16H,3,5-6,8,11-12H2,1-2,4H3,(H3,21,22,24,25). The minimum absolute atomic E-state index is 0.306. The Morgan fingerprint density at radius 2 is 2.04 bits per heavy atom. The van der Waals surface area contributed by atoms with E-state index in [9.17, 15) is 0 Å². The minimum atomic E-state index is 0.306. The summed E-state index contributed by atoms with van der Waals surface area (Å²) in [5.74, 6) is 1.16. The number of anilines is 2. The van der Waals surface area contributed by atoms with Gasteiger partial charge in [-0.1, -0.05) is 32.9 Å². The Bertz CT molecular complexity index is 711. The Hall–Kier alpha value is -2.43. The van der Waals surface area contributed by atoms with Gasteiger partial charge in [0.25, 0.3) is 0 Å². The molecule has 0 saturated heterocycles. The Labute approximate surface area is 150 Å². The highest BCUT2D eigenvalue weighted by Crippen LogP contribution is 2.19. The molecule has 2 rings (SSSR count). The number of pyridine rings is 1. The predicted molar refractivity (Wildman–Crippen MR) is 105 cm³/mol. The highest BCUT2D eigenvalue weighted by Gasteiger charge is 2.12. The first-order chi connectivity index (χ1) is 12.0. The molecule has 3 N–H and O–H groups in total. The first-order valence-corrected chi connectivity index (χ1v) is 9.03. The van der Waals surface area contributed by atoms with E-state index < -0.39 is 0 Å². The molecule has 5 heteroatoms. The summed E-state index contributed by atoms with van der Waals surface area (Å²) in [5, 5.41) is 3.54. The highest BCUT2D eigenvalue weighted by molar-refractivity contribution is 5.57. The summed E-state index contributed by atoms with van der Waals surface area (Å²) in [6.07, 6.45) is 6.78. The zero-order valence-electron chi connectivity index (χ0n) is 15.5. The van der Waals surface area contributed by atoms with Crippen LogP contribution in [0.3, 0.4) is 0 Å². The molecule has 0 radical (unpaired) electrons. The number of nitrogens with zero attached hydrogens (tertiary/aromatic N) is 3. The Balaban J connectivity index is 2.13. The van der Waals surface area contributed by atoms with Crippen molar-refractivity contribution in [1.29, 1.82) is 0 Å². The van der Waals surface area contributed by atoms with Crippen molar-refractivity contribution in [2.45, 2.75) is 58.9 Å². The van der Waals surface area contributed by atoms with Gasteiger partial charge in [-0.25, -0.2) is 4.98 Å². The lowest BCUT2D eigenvalue weighted by molar-refractivity contribution is 0.619. The van der Waals surface area contributed by atoms with Crippen molar-refractivity contribution in [3.8, 4) is 0 Å². The first-order valence-electron chi connectivity index (χ1n) is 9.03. The van der Waals surface area contributed by atoms with Gasteiger partial charge in [0.15, 0.2) is 0 Å². The fraction of sp³-hybridized carbons (Fsp3) is 0.450. The van der Waals surface area contributed by atoms with Crippen LogP contribution < -0.4 is 11.1 Å². The largest absolute Gasteiger partial charge is 0.368 e. The van der Waals surface area contributed by atoms with Gasteiger partial charge in [-0.05, 0) is 50.3 Å². The van der Waals surface area contributed by atoms with Crippen LogP contribution >= 0.6 is 0 Å². The van der Waals surface area contributed by atoms with Crippen molar-refractivity contribution in [1.82, 2.24) is 15.0 Å². The van der Waals surface area contributed by atoms with E-state index in [0.717, 1.165) is 60.4 Å². The second-order valence-electron chi connectivity index (χ2n) is 6.43. The molecule has 0 saturated carbocycles. The molecule has 1 unspecified atom stereocenters. The zero-order valence-corrected chi connectivity index (χ0v) is 15.5. The molecule has 25 heavy (non-hydrogen) atoms. The topological polar surface area (TPSA) is 76.7 Å². The molecule has 2 aromatic heterocycles. The van der Waals surface area contributed by atoms with Crippen LogP contribution in [-0.4, -0.2) is 21.0 Å². The maximum Gasteiger partial charge on any atom is 0.221 e. The van der Waals surface area contributed by atoms with E-state index >= 15 is 0 Å². The van der Waals surface area contributed by atoms with Gasteiger partial charge in [0.05, 0.1) is 5.69 Å². The quantitative estimate of drug-likeness (QED) is 0.714. The number of aromatic nitrogens is 3. The number of rotatable bonds is 9. The highest BCUT2D eigenvalue weighted by atomic mass is 15.1. The number of nitrogens with one attached hydrogen (secondary N) is 1. The molecule has 0 bridgehead atoms. The summed E-state index contributed by atoms with van der Waals surface area (Å²) in [7, 11) is 0. The predicted octanol–water partition coefficient (Wildman–Crippen LogP) is 4.26. The molecular weight excluding hydrogens is 310 g/mol. The second-order valence-corrected chi connectivity index (χ2v) is 6.43. The average molecular weight is 339 g/mol. The molecule has 0 aliphatic rings. The number of aryl methyl sites for hydroxylation is 2. The minimum Gasteiger partial charge on any atom is -0.368 e. The molecule has 0 aliphatic carbocycles. The fourth-order valence-corrected chi connectivity index (χ4v) is 2.77. The molecule has 0 amide bonds. The molecule has 1 atom stereocenters. The molecule has 5 nitrogen and oxygen atoms in total. The van der Waals surface area contributed by atoms with Gasteiger partial charge >= 0.3 is 0 Å². The SMILES string of the molecule is C=C(C)c1cccc(CCc2cnc(N)nc2NC(CC)CCC)n1. The van der Waals surface area contributed by atoms with Crippen LogP contribution in [0.25, 0.3) is 5.57 Å². The van der Waals surface area contributed by atoms with Gasteiger partial charge in [0.1, 0.15) is 5.82 Å². The molecule has 0 aliphatic heterocycles. The summed E-state index contributed by atoms with van der Waals surface area (Å²) >= 11 is 0. The van der Waals surface area contributed by atoms with E-state index in [1.54, 1.807) is 0 Å². The lowest BCUT2D eigenvalue weighted by Gasteiger charge is -2.19. The van der Waals surface area contributed by atoms with E-state index in [1.807, 2.05) is 31.3 Å². The second kappa shape index (κ2) is 9.16. The molecule has 2 heterocycles. The van der Waals surface area contributed by atoms with Gasteiger partial charge in [0.2, 0.25) is 5.95 Å². The van der Waals surface area contributed by atoms with Crippen molar-refractivity contribution in [3.05, 3.63) is 47.9 Å². The summed E-state index contributed by atoms with van der Waals surface area (Å²) in [6.45, 7) is 10.3. The van der Waals surface area contributed by atoms with Crippen LogP contribution in [0.2, 0.25) is 0 Å². The Morgan fingerprint density at radius 3 is 2.72 bits per heavy atom. The van der Waals surface area contributed by atoms with Crippen LogP contribution in [0.15, 0.2) is 31.0 Å². The van der Waals surface area contributed by atoms with E-state index in [0.29, 0.717) is 12.0 Å². The first kappa shape index (κ1) is 18.9. The Kier molecular flexibility index (Phi) is 6.92. The zero-order chi connectivity index (χ0) is 18.2. The molecule has 0 aromatic carbocycles. The van der Waals surface area contributed by atoms with Gasteiger partial charge in [-0.2, -0.15) is 4.98 Å². The lowest BCUT2D eigenvalue weighted by Crippen LogP contribution is -2.20. The Morgan fingerprint density at radius 1 is 1.24 bits per heavy atom. The van der Waals surface area contributed by atoms with E-state index in [-0.39, 0.29) is 0 Å². The van der Waals surface area contributed by atoms with Crippen LogP contribution in [0.5, 0.6) is 0 Å². The van der Waals surface area contributed by atoms with Crippen molar-refractivity contribution in [2.24, 2.45) is 0 Å². The molecule has 2 aromatic rings. The van der Waals surface area contributed by atoms with Crippen LogP contribution in [-0.2, 0) is 12.8 Å². The summed E-state index contributed by atoms with van der Waals surface area (Å²) in [4.78, 5) is 13.2. The van der Waals surface area contributed by atoms with Crippen LogP contribution in [0, 0.1) is 0 Å². The number of nitrogens with two attached hydrogens (primary N) is 1. The van der Waals surface area contributed by atoms with Crippen molar-refractivity contribution >= 4 is 17.3 Å². The third-order valence-corrected chi connectivity index (χ3v) is 4.25. The number of allylic oxidation sites excluding steroid dienone is 1. The fourth-order valence-electron chi connectivity index (χ4n) is 2.77. The van der Waals surface area contributed by atoms with Crippen molar-refractivity contribution in [2.75, 3.05) is 11.1 Å². The summed E-state index contributed by atoms with van der Waals surface area (Å²) in [6, 6.07) is 6.47. The molecule has 134 valence electrons. The molecular formula is C20H29N5. The van der Waals surface area contributed by atoms with Crippen LogP contribution in [0.1, 0.15) is 57.0 Å². The van der Waals surface area contributed by atoms with Crippen LogP contribution in [0.4, 0.5) is 11.8 Å². The number of hydrogen-bond donors (Lipinski definition) is 2.